The van der Waals surface area contributed by atoms with E-state index in [0.717, 1.165) is 11.1 Å². The third-order valence-electron chi connectivity index (χ3n) is 4.02. The predicted molar refractivity (Wildman–Crippen MR) is 102 cm³/mol. The van der Waals surface area contributed by atoms with Gasteiger partial charge in [-0.25, -0.2) is 4.98 Å². The second-order valence-corrected chi connectivity index (χ2v) is 6.41. The monoisotopic (exact) mass is 367 g/mol. The summed E-state index contributed by atoms with van der Waals surface area (Å²) in [5.74, 6) is 0.210. The summed E-state index contributed by atoms with van der Waals surface area (Å²) < 4.78 is 0. The van der Waals surface area contributed by atoms with Crippen LogP contribution in [0.1, 0.15) is 24.1 Å². The van der Waals surface area contributed by atoms with Crippen LogP contribution < -0.4 is 10.9 Å². The Hall–Kier alpha value is -2.92. The zero-order valence-corrected chi connectivity index (χ0v) is 15.0. The molecule has 0 spiro atoms. The lowest BCUT2D eigenvalue weighted by atomic mass is 10.1. The quantitative estimate of drug-likeness (QED) is 0.724. The summed E-state index contributed by atoms with van der Waals surface area (Å²) >= 11 is 5.86. The number of rotatable bonds is 5. The number of aromatic amines is 1. The highest BCUT2D eigenvalue weighted by Gasteiger charge is 2.13. The van der Waals surface area contributed by atoms with Crippen LogP contribution in [-0.2, 0) is 11.2 Å². The van der Waals surface area contributed by atoms with E-state index < -0.39 is 0 Å². The van der Waals surface area contributed by atoms with Crippen molar-refractivity contribution in [2.75, 3.05) is 0 Å². The van der Waals surface area contributed by atoms with E-state index >= 15 is 0 Å². The first kappa shape index (κ1) is 17.9. The van der Waals surface area contributed by atoms with Gasteiger partial charge in [-0.05, 0) is 36.8 Å². The second kappa shape index (κ2) is 7.97. The summed E-state index contributed by atoms with van der Waals surface area (Å²) in [6, 6.07) is 16.5. The number of nitrogens with zero attached hydrogens (tertiary/aromatic N) is 1. The lowest BCUT2D eigenvalue weighted by Gasteiger charge is -2.14. The minimum absolute atomic E-state index is 0.0274. The molecule has 6 heteroatoms. The Morgan fingerprint density at radius 2 is 1.85 bits per heavy atom. The van der Waals surface area contributed by atoms with Crippen molar-refractivity contribution < 1.29 is 4.79 Å². The highest BCUT2D eigenvalue weighted by Crippen LogP contribution is 2.17. The van der Waals surface area contributed by atoms with E-state index in [4.69, 9.17) is 11.6 Å². The summed E-state index contributed by atoms with van der Waals surface area (Å²) in [6.07, 6.45) is 1.41. The zero-order chi connectivity index (χ0) is 18.5. The zero-order valence-electron chi connectivity index (χ0n) is 14.2. The van der Waals surface area contributed by atoms with Crippen molar-refractivity contribution >= 4 is 17.5 Å². The molecule has 0 radical (unpaired) electrons. The minimum Gasteiger partial charge on any atom is -0.349 e. The summed E-state index contributed by atoms with van der Waals surface area (Å²) in [5, 5.41) is 3.50. The number of carbonyl (C=O) groups is 1. The molecular weight excluding hydrogens is 350 g/mol. The number of hydrogen-bond acceptors (Lipinski definition) is 3. The largest absolute Gasteiger partial charge is 0.349 e. The van der Waals surface area contributed by atoms with Gasteiger partial charge in [-0.15, -0.1) is 0 Å². The van der Waals surface area contributed by atoms with Crippen LogP contribution in [0.5, 0.6) is 0 Å². The molecule has 0 fully saturated rings. The van der Waals surface area contributed by atoms with Crippen molar-refractivity contribution in [2.24, 2.45) is 0 Å². The fourth-order valence-electron chi connectivity index (χ4n) is 2.59. The van der Waals surface area contributed by atoms with Gasteiger partial charge in [0.05, 0.1) is 12.5 Å². The molecule has 0 aliphatic heterocycles. The molecule has 0 bridgehead atoms. The maximum absolute atomic E-state index is 12.3. The number of aromatic nitrogens is 2. The van der Waals surface area contributed by atoms with Crippen LogP contribution in [0.25, 0.3) is 11.4 Å². The Morgan fingerprint density at radius 3 is 2.50 bits per heavy atom. The Bertz CT molecular complexity index is 953. The molecule has 132 valence electrons. The molecule has 2 N–H and O–H groups in total. The summed E-state index contributed by atoms with van der Waals surface area (Å²) in [4.78, 5) is 31.5. The van der Waals surface area contributed by atoms with Crippen LogP contribution in [-0.4, -0.2) is 15.9 Å². The molecule has 1 amide bonds. The Labute approximate surface area is 156 Å². The average molecular weight is 368 g/mol. The first-order valence-corrected chi connectivity index (χ1v) is 8.59. The topological polar surface area (TPSA) is 74.8 Å². The van der Waals surface area contributed by atoms with E-state index in [1.807, 2.05) is 37.3 Å². The first-order valence-electron chi connectivity index (χ1n) is 8.21. The molecule has 1 heterocycles. The Balaban J connectivity index is 1.69. The fraction of sp³-hybridized carbons (Fsp3) is 0.150. The smallest absolute Gasteiger partial charge is 0.254 e. The molecule has 0 unspecified atom stereocenters. The van der Waals surface area contributed by atoms with Crippen LogP contribution in [0.2, 0.25) is 5.02 Å². The van der Waals surface area contributed by atoms with Gasteiger partial charge < -0.3 is 10.3 Å². The molecule has 0 saturated carbocycles. The van der Waals surface area contributed by atoms with Gasteiger partial charge in [0.15, 0.2) is 0 Å². The van der Waals surface area contributed by atoms with Gasteiger partial charge in [0, 0.05) is 22.3 Å². The third-order valence-corrected chi connectivity index (χ3v) is 4.27. The van der Waals surface area contributed by atoms with Crippen LogP contribution in [0, 0.1) is 0 Å². The number of halogens is 1. The van der Waals surface area contributed by atoms with E-state index in [1.54, 1.807) is 24.3 Å². The van der Waals surface area contributed by atoms with Crippen LogP contribution in [0.15, 0.2) is 65.6 Å². The van der Waals surface area contributed by atoms with Crippen molar-refractivity contribution in [2.45, 2.75) is 19.4 Å². The summed E-state index contributed by atoms with van der Waals surface area (Å²) in [6.45, 7) is 1.90. The van der Waals surface area contributed by atoms with Crippen molar-refractivity contribution in [1.29, 1.82) is 0 Å². The summed E-state index contributed by atoms with van der Waals surface area (Å²) in [7, 11) is 0. The number of nitrogens with one attached hydrogen (secondary N) is 2. The molecule has 5 nitrogen and oxygen atoms in total. The molecule has 3 aromatic rings. The minimum atomic E-state index is -0.326. The molecule has 3 rings (SSSR count). The highest BCUT2D eigenvalue weighted by atomic mass is 35.5. The molecule has 1 aromatic heterocycles. The second-order valence-electron chi connectivity index (χ2n) is 5.97. The molecule has 0 saturated heterocycles. The maximum atomic E-state index is 12.3. The lowest BCUT2D eigenvalue weighted by Crippen LogP contribution is -2.30. The highest BCUT2D eigenvalue weighted by molar-refractivity contribution is 6.30. The fourth-order valence-corrected chi connectivity index (χ4v) is 2.72. The molecule has 26 heavy (non-hydrogen) atoms. The first-order chi connectivity index (χ1) is 12.5. The maximum Gasteiger partial charge on any atom is 0.254 e. The van der Waals surface area contributed by atoms with Crippen molar-refractivity contribution in [3.05, 3.63) is 87.3 Å². The Kier molecular flexibility index (Phi) is 5.49. The number of benzene rings is 2. The number of amides is 1. The Morgan fingerprint density at radius 1 is 1.15 bits per heavy atom. The molecular formula is C20H18ClN3O2. The number of H-pyrrole nitrogens is 1. The summed E-state index contributed by atoms with van der Waals surface area (Å²) in [5.41, 5.74) is 1.75. The van der Waals surface area contributed by atoms with Gasteiger partial charge in [-0.1, -0.05) is 41.9 Å². The van der Waals surface area contributed by atoms with E-state index in [2.05, 4.69) is 15.3 Å². The predicted octanol–water partition coefficient (Wildman–Crippen LogP) is 3.51. The number of carbonyl (C=O) groups excluding carboxylic acids is 1. The van der Waals surface area contributed by atoms with Crippen molar-refractivity contribution in [3.63, 3.8) is 0 Å². The molecule has 2 aromatic carbocycles. The van der Waals surface area contributed by atoms with E-state index in [1.165, 1.54) is 6.20 Å². The van der Waals surface area contributed by atoms with Gasteiger partial charge in [0.2, 0.25) is 5.91 Å². The lowest BCUT2D eigenvalue weighted by molar-refractivity contribution is -0.121. The van der Waals surface area contributed by atoms with E-state index in [0.29, 0.717) is 16.4 Å². The average Bonchev–Trinajstić information content (AvgIpc) is 2.64. The van der Waals surface area contributed by atoms with Gasteiger partial charge in [-0.3, -0.25) is 9.59 Å². The normalized spacial score (nSPS) is 11.8. The van der Waals surface area contributed by atoms with Crippen molar-refractivity contribution in [3.8, 4) is 11.4 Å². The number of hydrogen-bond donors (Lipinski definition) is 2. The van der Waals surface area contributed by atoms with E-state index in [-0.39, 0.29) is 23.9 Å². The van der Waals surface area contributed by atoms with E-state index in [9.17, 15) is 9.59 Å². The third kappa shape index (κ3) is 4.37. The van der Waals surface area contributed by atoms with Gasteiger partial charge in [0.25, 0.3) is 5.56 Å². The molecule has 0 aliphatic carbocycles. The van der Waals surface area contributed by atoms with Gasteiger partial charge >= 0.3 is 0 Å². The van der Waals surface area contributed by atoms with Gasteiger partial charge in [-0.2, -0.15) is 0 Å². The van der Waals surface area contributed by atoms with Crippen molar-refractivity contribution in [1.82, 2.24) is 15.3 Å². The van der Waals surface area contributed by atoms with Crippen LogP contribution >= 0.6 is 11.6 Å². The SMILES string of the molecule is C[C@@H](NC(=O)Cc1cnc(-c2ccc(Cl)cc2)[nH]c1=O)c1ccccc1. The van der Waals surface area contributed by atoms with Gasteiger partial charge in [0.1, 0.15) is 5.82 Å². The molecule has 0 aliphatic rings. The van der Waals surface area contributed by atoms with Crippen LogP contribution in [0.4, 0.5) is 0 Å². The van der Waals surface area contributed by atoms with Crippen LogP contribution in [0.3, 0.4) is 0 Å². The standard InChI is InChI=1S/C20H18ClN3O2/c1-13(14-5-3-2-4-6-14)23-18(25)11-16-12-22-19(24-20(16)26)15-7-9-17(21)10-8-15/h2-10,12-13H,11H2,1H3,(H,23,25)(H,22,24,26)/t13-/m1/s1. The molecule has 1 atom stereocenters.